The van der Waals surface area contributed by atoms with Gasteiger partial charge in [-0.15, -0.1) is 0 Å². The third-order valence-corrected chi connectivity index (χ3v) is 8.50. The van der Waals surface area contributed by atoms with Crippen molar-refractivity contribution in [3.63, 3.8) is 0 Å². The predicted octanol–water partition coefficient (Wildman–Crippen LogP) is 7.24. The van der Waals surface area contributed by atoms with Crippen molar-refractivity contribution in [1.82, 2.24) is 4.98 Å². The van der Waals surface area contributed by atoms with Crippen molar-refractivity contribution in [3.8, 4) is 11.3 Å². The maximum atomic E-state index is 6.40. The quantitative estimate of drug-likeness (QED) is 0.339. The minimum Gasteiger partial charge on any atom is -0.455 e. The minimum absolute atomic E-state index is 0.687. The van der Waals surface area contributed by atoms with Crippen LogP contribution in [0.2, 0.25) is 19.6 Å². The average molecular weight is 400 g/mol. The van der Waals surface area contributed by atoms with Gasteiger partial charge in [-0.25, -0.2) is 0 Å². The highest BCUT2D eigenvalue weighted by molar-refractivity contribution is 6.90. The van der Waals surface area contributed by atoms with Gasteiger partial charge in [-0.2, -0.15) is 0 Å². The van der Waals surface area contributed by atoms with Crippen LogP contribution in [-0.4, -0.2) is 13.1 Å². The fourth-order valence-electron chi connectivity index (χ4n) is 4.92. The van der Waals surface area contributed by atoms with Crippen LogP contribution in [0.5, 0.6) is 0 Å². The van der Waals surface area contributed by atoms with Crippen LogP contribution in [0.25, 0.3) is 33.2 Å². The smallest absolute Gasteiger partial charge is 0.144 e. The van der Waals surface area contributed by atoms with E-state index in [0.29, 0.717) is 5.92 Å². The van der Waals surface area contributed by atoms with Crippen molar-refractivity contribution < 1.29 is 4.42 Å². The largest absolute Gasteiger partial charge is 0.455 e. The molecule has 0 unspecified atom stereocenters. The second-order valence-electron chi connectivity index (χ2n) is 9.52. The highest BCUT2D eigenvalue weighted by atomic mass is 28.3. The molecule has 0 bridgehead atoms. The first-order chi connectivity index (χ1) is 14.0. The highest BCUT2D eigenvalue weighted by Gasteiger charge is 2.23. The molecule has 0 atom stereocenters. The lowest BCUT2D eigenvalue weighted by molar-refractivity contribution is 0.443. The third-order valence-electron chi connectivity index (χ3n) is 6.47. The van der Waals surface area contributed by atoms with Gasteiger partial charge in [0.15, 0.2) is 0 Å². The number of benzene rings is 2. The summed E-state index contributed by atoms with van der Waals surface area (Å²) in [6.45, 7) is 7.20. The highest BCUT2D eigenvalue weighted by Crippen LogP contribution is 2.36. The zero-order valence-electron chi connectivity index (χ0n) is 17.7. The molecule has 4 aromatic rings. The first kappa shape index (κ1) is 18.6. The van der Waals surface area contributed by atoms with Gasteiger partial charge in [0.1, 0.15) is 11.2 Å². The van der Waals surface area contributed by atoms with Crippen LogP contribution in [-0.2, 0) is 0 Å². The average Bonchev–Trinajstić information content (AvgIpc) is 3.12. The molecule has 1 fully saturated rings. The molecular formula is C26H29NOSi. The normalized spacial score (nSPS) is 16.0. The molecule has 2 aromatic heterocycles. The second-order valence-corrected chi connectivity index (χ2v) is 14.6. The number of nitrogens with zero attached hydrogens (tertiary/aromatic N) is 1. The summed E-state index contributed by atoms with van der Waals surface area (Å²) in [4.78, 5) is 4.86. The molecule has 0 spiro atoms. The van der Waals surface area contributed by atoms with Crippen molar-refractivity contribution in [2.24, 2.45) is 0 Å². The van der Waals surface area contributed by atoms with Crippen LogP contribution in [0.1, 0.15) is 43.6 Å². The Morgan fingerprint density at radius 1 is 0.897 bits per heavy atom. The fraction of sp³-hybridized carbons (Fsp3) is 0.346. The molecule has 1 aliphatic rings. The van der Waals surface area contributed by atoms with Gasteiger partial charge in [-0.3, -0.25) is 4.98 Å². The molecule has 0 saturated heterocycles. The number of furan rings is 1. The van der Waals surface area contributed by atoms with Crippen molar-refractivity contribution in [3.05, 3.63) is 60.3 Å². The molecule has 0 radical (unpaired) electrons. The lowest BCUT2D eigenvalue weighted by Crippen LogP contribution is -2.37. The summed E-state index contributed by atoms with van der Waals surface area (Å²) in [6, 6.07) is 17.5. The molecule has 29 heavy (non-hydrogen) atoms. The summed E-state index contributed by atoms with van der Waals surface area (Å²) in [7, 11) is -1.48. The van der Waals surface area contributed by atoms with Gasteiger partial charge in [0.05, 0.1) is 13.8 Å². The van der Waals surface area contributed by atoms with E-state index in [-0.39, 0.29) is 0 Å². The Kier molecular flexibility index (Phi) is 4.58. The summed E-state index contributed by atoms with van der Waals surface area (Å²) in [6.07, 6.45) is 8.79. The SMILES string of the molecule is C[Si](C)(C)c1cccc2oc3c(-c4ccc(C5CCCCC5)cn4)cccc3c12. The van der Waals surface area contributed by atoms with Gasteiger partial charge in [-0.1, -0.05) is 69.2 Å². The Bertz CT molecular complexity index is 1160. The lowest BCUT2D eigenvalue weighted by atomic mass is 9.85. The Balaban J connectivity index is 1.62. The van der Waals surface area contributed by atoms with Crippen LogP contribution >= 0.6 is 0 Å². The van der Waals surface area contributed by atoms with E-state index in [4.69, 9.17) is 9.40 Å². The second kappa shape index (κ2) is 7.14. The van der Waals surface area contributed by atoms with E-state index in [9.17, 15) is 0 Å². The maximum absolute atomic E-state index is 6.40. The molecule has 1 saturated carbocycles. The number of hydrogen-bond donors (Lipinski definition) is 0. The molecule has 0 amide bonds. The Morgan fingerprint density at radius 2 is 1.69 bits per heavy atom. The molecule has 1 aliphatic carbocycles. The Labute approximate surface area is 174 Å². The number of hydrogen-bond acceptors (Lipinski definition) is 2. The van der Waals surface area contributed by atoms with Crippen molar-refractivity contribution >= 4 is 35.2 Å². The summed E-state index contributed by atoms with van der Waals surface area (Å²) < 4.78 is 6.40. The summed E-state index contributed by atoms with van der Waals surface area (Å²) in [5.41, 5.74) is 5.45. The van der Waals surface area contributed by atoms with Gasteiger partial charge in [-0.05, 0) is 47.7 Å². The van der Waals surface area contributed by atoms with Gasteiger partial charge in [0.2, 0.25) is 0 Å². The van der Waals surface area contributed by atoms with Crippen LogP contribution in [0.4, 0.5) is 0 Å². The number of aromatic nitrogens is 1. The van der Waals surface area contributed by atoms with E-state index in [0.717, 1.165) is 22.4 Å². The van der Waals surface area contributed by atoms with E-state index in [1.54, 1.807) is 0 Å². The van der Waals surface area contributed by atoms with Gasteiger partial charge >= 0.3 is 0 Å². The fourth-order valence-corrected chi connectivity index (χ4v) is 6.52. The van der Waals surface area contributed by atoms with Crippen molar-refractivity contribution in [2.75, 3.05) is 0 Å². The van der Waals surface area contributed by atoms with E-state index in [1.807, 2.05) is 0 Å². The van der Waals surface area contributed by atoms with E-state index < -0.39 is 8.07 Å². The monoisotopic (exact) mass is 399 g/mol. The van der Waals surface area contributed by atoms with Crippen molar-refractivity contribution in [2.45, 2.75) is 57.7 Å². The predicted molar refractivity (Wildman–Crippen MR) is 126 cm³/mol. The van der Waals surface area contributed by atoms with Crippen molar-refractivity contribution in [1.29, 1.82) is 0 Å². The van der Waals surface area contributed by atoms with E-state index >= 15 is 0 Å². The zero-order chi connectivity index (χ0) is 20.0. The van der Waals surface area contributed by atoms with Crippen LogP contribution < -0.4 is 5.19 Å². The zero-order valence-corrected chi connectivity index (χ0v) is 18.7. The minimum atomic E-state index is -1.48. The number of rotatable bonds is 3. The van der Waals surface area contributed by atoms with Crippen LogP contribution in [0.15, 0.2) is 59.1 Å². The van der Waals surface area contributed by atoms with E-state index in [2.05, 4.69) is 74.4 Å². The molecule has 2 heterocycles. The third kappa shape index (κ3) is 3.32. The van der Waals surface area contributed by atoms with E-state index in [1.165, 1.54) is 53.6 Å². The number of fused-ring (bicyclic) bond motifs is 3. The lowest BCUT2D eigenvalue weighted by Gasteiger charge is -2.21. The van der Waals surface area contributed by atoms with Gasteiger partial charge < -0.3 is 4.42 Å². The molecule has 5 rings (SSSR count). The Morgan fingerprint density at radius 3 is 2.41 bits per heavy atom. The standard InChI is InChI=1S/C26H29NOSi/c1-29(2,3)24-14-8-13-23-25(24)21-12-7-11-20(26(21)28-23)22-16-15-19(17-27-22)18-9-5-4-6-10-18/h7-8,11-18H,4-6,9-10H2,1-3H3. The first-order valence-electron chi connectivity index (χ1n) is 10.9. The summed E-state index contributed by atoms with van der Waals surface area (Å²) in [5.74, 6) is 0.687. The molecule has 2 nitrogen and oxygen atoms in total. The first-order valence-corrected chi connectivity index (χ1v) is 14.4. The molecule has 0 N–H and O–H groups in total. The number of para-hydroxylation sites is 1. The molecule has 3 heteroatoms. The summed E-state index contributed by atoms with van der Waals surface area (Å²) in [5, 5.41) is 3.97. The van der Waals surface area contributed by atoms with Crippen LogP contribution in [0, 0.1) is 0 Å². The molecule has 2 aromatic carbocycles. The van der Waals surface area contributed by atoms with Gasteiger partial charge in [0, 0.05) is 22.5 Å². The molecule has 148 valence electrons. The summed E-state index contributed by atoms with van der Waals surface area (Å²) >= 11 is 0. The topological polar surface area (TPSA) is 26.0 Å². The van der Waals surface area contributed by atoms with Gasteiger partial charge in [0.25, 0.3) is 0 Å². The Hall–Kier alpha value is -2.39. The number of pyridine rings is 1. The maximum Gasteiger partial charge on any atom is 0.144 e. The molecule has 0 aliphatic heterocycles. The molecular weight excluding hydrogens is 370 g/mol. The van der Waals surface area contributed by atoms with Crippen LogP contribution in [0.3, 0.4) is 0 Å².